The summed E-state index contributed by atoms with van der Waals surface area (Å²) >= 11 is 3.29. The number of carbonyl (C=O) groups excluding carboxylic acids is 1. The molecular weight excluding hydrogens is 190 g/mol. The number of hydrogen-bond acceptors (Lipinski definition) is 3. The van der Waals surface area contributed by atoms with Gasteiger partial charge in [-0.3, -0.25) is 4.79 Å². The van der Waals surface area contributed by atoms with Gasteiger partial charge in [0.2, 0.25) is 5.91 Å². The topological polar surface area (TPSA) is 43.1 Å². The Kier molecular flexibility index (Phi) is 3.62. The molecule has 0 fully saturated rings. The van der Waals surface area contributed by atoms with Gasteiger partial charge in [0.25, 0.3) is 0 Å². The average Bonchev–Trinajstić information content (AvgIpc) is 2.51. The number of nitrogens with two attached hydrogens (primary N) is 1. The standard InChI is InChI=1S/C8H11NOS2/c1-6(12-5-8(9)10)7-3-2-4-11-7/h2-4,6H,5H2,1H3,(H2,9,10)/t6-/m0/s1. The first kappa shape index (κ1) is 9.61. The van der Waals surface area contributed by atoms with E-state index >= 15 is 0 Å². The number of rotatable bonds is 4. The molecule has 1 amide bonds. The summed E-state index contributed by atoms with van der Waals surface area (Å²) < 4.78 is 0. The van der Waals surface area contributed by atoms with E-state index in [1.165, 1.54) is 4.88 Å². The third-order valence-corrected chi connectivity index (χ3v) is 3.83. The van der Waals surface area contributed by atoms with Crippen molar-refractivity contribution in [2.45, 2.75) is 12.2 Å². The van der Waals surface area contributed by atoms with Crippen molar-refractivity contribution in [1.29, 1.82) is 0 Å². The van der Waals surface area contributed by atoms with Crippen LogP contribution in [0.2, 0.25) is 0 Å². The van der Waals surface area contributed by atoms with Crippen LogP contribution in [0.25, 0.3) is 0 Å². The van der Waals surface area contributed by atoms with Crippen LogP contribution < -0.4 is 5.73 Å². The quantitative estimate of drug-likeness (QED) is 0.810. The summed E-state index contributed by atoms with van der Waals surface area (Å²) in [6, 6.07) is 4.09. The van der Waals surface area contributed by atoms with Crippen molar-refractivity contribution in [3.8, 4) is 0 Å². The molecular formula is C8H11NOS2. The van der Waals surface area contributed by atoms with Crippen molar-refractivity contribution in [2.24, 2.45) is 5.73 Å². The molecule has 66 valence electrons. The molecule has 4 heteroatoms. The van der Waals surface area contributed by atoms with Crippen molar-refractivity contribution in [2.75, 3.05) is 5.75 Å². The molecule has 1 aromatic rings. The van der Waals surface area contributed by atoms with Crippen molar-refractivity contribution in [3.63, 3.8) is 0 Å². The summed E-state index contributed by atoms with van der Waals surface area (Å²) in [4.78, 5) is 11.8. The fourth-order valence-corrected chi connectivity index (χ4v) is 2.50. The second kappa shape index (κ2) is 4.52. The van der Waals surface area contributed by atoms with Crippen LogP contribution in [-0.4, -0.2) is 11.7 Å². The summed E-state index contributed by atoms with van der Waals surface area (Å²) in [7, 11) is 0. The van der Waals surface area contributed by atoms with Gasteiger partial charge >= 0.3 is 0 Å². The zero-order valence-corrected chi connectivity index (χ0v) is 8.45. The van der Waals surface area contributed by atoms with Crippen LogP contribution in [0.4, 0.5) is 0 Å². The molecule has 1 atom stereocenters. The summed E-state index contributed by atoms with van der Waals surface area (Å²) in [5, 5.41) is 2.41. The molecule has 0 saturated carbocycles. The third kappa shape index (κ3) is 2.87. The van der Waals surface area contributed by atoms with Crippen LogP contribution >= 0.6 is 23.1 Å². The molecule has 0 bridgehead atoms. The van der Waals surface area contributed by atoms with Crippen LogP contribution in [-0.2, 0) is 4.79 Å². The van der Waals surface area contributed by atoms with Crippen molar-refractivity contribution < 1.29 is 4.79 Å². The molecule has 12 heavy (non-hydrogen) atoms. The SMILES string of the molecule is C[C@H](SCC(N)=O)c1cccs1. The Morgan fingerprint density at radius 2 is 2.58 bits per heavy atom. The minimum Gasteiger partial charge on any atom is -0.369 e. The van der Waals surface area contributed by atoms with Gasteiger partial charge in [0, 0.05) is 10.1 Å². The Balaban J connectivity index is 2.39. The van der Waals surface area contributed by atoms with Crippen LogP contribution in [0.1, 0.15) is 17.1 Å². The van der Waals surface area contributed by atoms with E-state index in [9.17, 15) is 4.79 Å². The predicted octanol–water partition coefficient (Wildman–Crippen LogP) is 2.03. The highest BCUT2D eigenvalue weighted by molar-refractivity contribution is 8.00. The fraction of sp³-hybridized carbons (Fsp3) is 0.375. The Morgan fingerprint density at radius 3 is 3.08 bits per heavy atom. The van der Waals surface area contributed by atoms with Gasteiger partial charge in [0.05, 0.1) is 5.75 Å². The number of primary amides is 1. The lowest BCUT2D eigenvalue weighted by molar-refractivity contribution is -0.115. The molecule has 1 heterocycles. The van der Waals surface area contributed by atoms with E-state index in [1.807, 2.05) is 11.4 Å². The monoisotopic (exact) mass is 201 g/mol. The minimum absolute atomic E-state index is 0.247. The van der Waals surface area contributed by atoms with E-state index in [-0.39, 0.29) is 5.91 Å². The molecule has 0 saturated heterocycles. The lowest BCUT2D eigenvalue weighted by Crippen LogP contribution is -2.13. The van der Waals surface area contributed by atoms with E-state index in [2.05, 4.69) is 13.0 Å². The third-order valence-electron chi connectivity index (χ3n) is 1.42. The van der Waals surface area contributed by atoms with Gasteiger partial charge in [0.15, 0.2) is 0 Å². The molecule has 0 aliphatic carbocycles. The van der Waals surface area contributed by atoms with E-state index in [4.69, 9.17) is 5.73 Å². The van der Waals surface area contributed by atoms with Gasteiger partial charge in [0.1, 0.15) is 0 Å². The first-order valence-electron chi connectivity index (χ1n) is 3.63. The highest BCUT2D eigenvalue weighted by Crippen LogP contribution is 2.30. The smallest absolute Gasteiger partial charge is 0.227 e. The highest BCUT2D eigenvalue weighted by Gasteiger charge is 2.07. The lowest BCUT2D eigenvalue weighted by Gasteiger charge is -2.06. The molecule has 2 N–H and O–H groups in total. The maximum Gasteiger partial charge on any atom is 0.227 e. The van der Waals surface area contributed by atoms with Gasteiger partial charge in [-0.15, -0.1) is 23.1 Å². The molecule has 2 nitrogen and oxygen atoms in total. The maximum atomic E-state index is 10.5. The van der Waals surface area contributed by atoms with Gasteiger partial charge in [-0.2, -0.15) is 0 Å². The number of thioether (sulfide) groups is 1. The van der Waals surface area contributed by atoms with Gasteiger partial charge < -0.3 is 5.73 Å². The molecule has 0 unspecified atom stereocenters. The number of carbonyl (C=O) groups is 1. The van der Waals surface area contributed by atoms with Crippen molar-refractivity contribution in [1.82, 2.24) is 0 Å². The molecule has 1 aromatic heterocycles. The van der Waals surface area contributed by atoms with Crippen LogP contribution in [0.15, 0.2) is 17.5 Å². The molecule has 0 aliphatic rings. The highest BCUT2D eigenvalue weighted by atomic mass is 32.2. The summed E-state index contributed by atoms with van der Waals surface area (Å²) in [6.45, 7) is 2.08. The van der Waals surface area contributed by atoms with Gasteiger partial charge in [-0.25, -0.2) is 0 Å². The zero-order valence-electron chi connectivity index (χ0n) is 6.82. The minimum atomic E-state index is -0.247. The number of amides is 1. The molecule has 0 spiro atoms. The van der Waals surface area contributed by atoms with Crippen LogP contribution in [0.5, 0.6) is 0 Å². The van der Waals surface area contributed by atoms with Gasteiger partial charge in [-0.05, 0) is 18.4 Å². The van der Waals surface area contributed by atoms with E-state index in [0.29, 0.717) is 11.0 Å². The average molecular weight is 201 g/mol. The number of hydrogen-bond donors (Lipinski definition) is 1. The van der Waals surface area contributed by atoms with E-state index in [0.717, 1.165) is 0 Å². The van der Waals surface area contributed by atoms with E-state index in [1.54, 1.807) is 23.1 Å². The molecule has 0 aromatic carbocycles. The molecule has 0 radical (unpaired) electrons. The maximum absolute atomic E-state index is 10.5. The fourth-order valence-electron chi connectivity index (χ4n) is 0.812. The zero-order chi connectivity index (χ0) is 8.97. The Hall–Kier alpha value is -0.480. The van der Waals surface area contributed by atoms with Crippen molar-refractivity contribution in [3.05, 3.63) is 22.4 Å². The Morgan fingerprint density at radius 1 is 1.83 bits per heavy atom. The summed E-state index contributed by atoms with van der Waals surface area (Å²) in [5.41, 5.74) is 5.04. The normalized spacial score (nSPS) is 12.8. The van der Waals surface area contributed by atoms with E-state index < -0.39 is 0 Å². The predicted molar refractivity (Wildman–Crippen MR) is 54.4 cm³/mol. The molecule has 0 aliphatic heterocycles. The van der Waals surface area contributed by atoms with Crippen LogP contribution in [0, 0.1) is 0 Å². The van der Waals surface area contributed by atoms with Crippen molar-refractivity contribution >= 4 is 29.0 Å². The number of thiophene rings is 1. The Labute approximate surface area is 80.2 Å². The second-order valence-electron chi connectivity index (χ2n) is 2.43. The summed E-state index contributed by atoms with van der Waals surface area (Å²) in [5.74, 6) is 0.155. The second-order valence-corrected chi connectivity index (χ2v) is 4.74. The summed E-state index contributed by atoms with van der Waals surface area (Å²) in [6.07, 6.45) is 0. The first-order chi connectivity index (χ1) is 5.70. The Bertz CT molecular complexity index is 246. The van der Waals surface area contributed by atoms with Crippen LogP contribution in [0.3, 0.4) is 0 Å². The molecule has 1 rings (SSSR count). The first-order valence-corrected chi connectivity index (χ1v) is 5.56. The largest absolute Gasteiger partial charge is 0.369 e. The lowest BCUT2D eigenvalue weighted by atomic mass is 10.4. The van der Waals surface area contributed by atoms with Gasteiger partial charge in [-0.1, -0.05) is 6.07 Å².